The first-order chi connectivity index (χ1) is 9.83. The first-order valence-electron chi connectivity index (χ1n) is 7.32. The molecular formula is C19H20N2. The van der Waals surface area contributed by atoms with Crippen molar-refractivity contribution in [3.8, 4) is 11.3 Å². The Morgan fingerprint density at radius 2 is 1.76 bits per heavy atom. The molecule has 1 aliphatic rings. The summed E-state index contributed by atoms with van der Waals surface area (Å²) in [6.45, 7) is 16.3. The average molecular weight is 276 g/mol. The molecule has 3 rings (SSSR count). The predicted octanol–water partition coefficient (Wildman–Crippen LogP) is 5.26. The number of aromatic nitrogens is 1. The minimum absolute atomic E-state index is 0.175. The van der Waals surface area contributed by atoms with Crippen molar-refractivity contribution in [3.05, 3.63) is 59.1 Å². The molecule has 2 aromatic rings. The van der Waals surface area contributed by atoms with Crippen LogP contribution in [0, 0.1) is 6.57 Å². The van der Waals surface area contributed by atoms with Crippen LogP contribution in [-0.4, -0.2) is 4.98 Å². The zero-order chi connectivity index (χ0) is 15.3. The Kier molecular flexibility index (Phi) is 2.92. The summed E-state index contributed by atoms with van der Waals surface area (Å²) in [4.78, 5) is 8.16. The molecule has 0 radical (unpaired) electrons. The maximum Gasteiger partial charge on any atom is 0.187 e. The van der Waals surface area contributed by atoms with E-state index < -0.39 is 0 Å². The molecule has 0 saturated carbocycles. The van der Waals surface area contributed by atoms with Crippen LogP contribution in [0.1, 0.15) is 45.2 Å². The van der Waals surface area contributed by atoms with Gasteiger partial charge in [-0.3, -0.25) is 4.98 Å². The number of rotatable bonds is 1. The van der Waals surface area contributed by atoms with Crippen LogP contribution in [-0.2, 0) is 10.8 Å². The lowest BCUT2D eigenvalue weighted by Crippen LogP contribution is -2.17. The van der Waals surface area contributed by atoms with Crippen LogP contribution in [0.15, 0.2) is 36.5 Å². The number of pyridine rings is 1. The molecule has 0 fully saturated rings. The predicted molar refractivity (Wildman–Crippen MR) is 86.6 cm³/mol. The third-order valence-electron chi connectivity index (χ3n) is 4.52. The molecule has 0 spiro atoms. The lowest BCUT2D eigenvalue weighted by Gasteiger charge is -2.22. The van der Waals surface area contributed by atoms with E-state index in [-0.39, 0.29) is 10.8 Å². The molecule has 0 amide bonds. The van der Waals surface area contributed by atoms with E-state index in [1.54, 1.807) is 0 Å². The van der Waals surface area contributed by atoms with Crippen molar-refractivity contribution in [2.75, 3.05) is 0 Å². The van der Waals surface area contributed by atoms with E-state index in [1.165, 1.54) is 11.1 Å². The van der Waals surface area contributed by atoms with Gasteiger partial charge < -0.3 is 0 Å². The number of hydrogen-bond donors (Lipinski definition) is 0. The molecule has 0 N–H and O–H groups in total. The van der Waals surface area contributed by atoms with E-state index >= 15 is 0 Å². The average Bonchev–Trinajstić information content (AvgIpc) is 2.64. The highest BCUT2D eigenvalue weighted by Gasteiger charge is 2.42. The van der Waals surface area contributed by atoms with Gasteiger partial charge in [0.25, 0.3) is 0 Å². The summed E-state index contributed by atoms with van der Waals surface area (Å²) in [6.07, 6.45) is 3.17. The Bertz CT molecular complexity index is 748. The van der Waals surface area contributed by atoms with Gasteiger partial charge in [-0.25, -0.2) is 4.85 Å². The van der Waals surface area contributed by atoms with Gasteiger partial charge in [0.05, 0.1) is 12.3 Å². The maximum absolute atomic E-state index is 7.15. The Hall–Kier alpha value is -2.14. The van der Waals surface area contributed by atoms with Crippen LogP contribution in [0.3, 0.4) is 0 Å². The molecular weight excluding hydrogens is 256 g/mol. The minimum atomic E-state index is 0.175. The van der Waals surface area contributed by atoms with Crippen LogP contribution in [0.2, 0.25) is 0 Å². The third-order valence-corrected chi connectivity index (χ3v) is 4.52. The highest BCUT2D eigenvalue weighted by Crippen LogP contribution is 2.49. The fourth-order valence-electron chi connectivity index (χ4n) is 3.74. The lowest BCUT2D eigenvalue weighted by molar-refractivity contribution is 0.403. The molecule has 0 saturated heterocycles. The Morgan fingerprint density at radius 3 is 2.48 bits per heavy atom. The van der Waals surface area contributed by atoms with E-state index in [1.807, 2.05) is 30.5 Å². The Labute approximate surface area is 126 Å². The molecule has 0 unspecified atom stereocenters. The lowest BCUT2D eigenvalue weighted by atomic mass is 9.82. The number of hydrogen-bond acceptors (Lipinski definition) is 1. The summed E-state index contributed by atoms with van der Waals surface area (Å²) in [5.41, 5.74) is 5.76. The van der Waals surface area contributed by atoms with Crippen molar-refractivity contribution in [1.82, 2.24) is 4.98 Å². The van der Waals surface area contributed by atoms with Crippen molar-refractivity contribution in [2.45, 2.75) is 44.9 Å². The third kappa shape index (κ3) is 2.23. The van der Waals surface area contributed by atoms with Crippen LogP contribution in [0.4, 0.5) is 5.69 Å². The normalized spacial score (nSPS) is 18.0. The molecule has 0 bridgehead atoms. The highest BCUT2D eigenvalue weighted by molar-refractivity contribution is 5.67. The second kappa shape index (κ2) is 4.43. The topological polar surface area (TPSA) is 17.2 Å². The summed E-state index contributed by atoms with van der Waals surface area (Å²) in [5.74, 6) is 0. The van der Waals surface area contributed by atoms with Gasteiger partial charge in [-0.2, -0.15) is 0 Å². The van der Waals surface area contributed by atoms with Gasteiger partial charge in [0, 0.05) is 6.20 Å². The summed E-state index contributed by atoms with van der Waals surface area (Å²) in [6, 6.07) is 9.90. The molecule has 1 aromatic carbocycles. The molecule has 2 nitrogen and oxygen atoms in total. The number of benzene rings is 1. The van der Waals surface area contributed by atoms with Gasteiger partial charge in [0.2, 0.25) is 0 Å². The van der Waals surface area contributed by atoms with Crippen molar-refractivity contribution >= 4 is 5.69 Å². The van der Waals surface area contributed by atoms with E-state index in [0.717, 1.165) is 17.7 Å². The summed E-state index contributed by atoms with van der Waals surface area (Å²) in [7, 11) is 0. The van der Waals surface area contributed by atoms with E-state index in [9.17, 15) is 0 Å². The van der Waals surface area contributed by atoms with Gasteiger partial charge in [-0.05, 0) is 46.1 Å². The summed E-state index contributed by atoms with van der Waals surface area (Å²) < 4.78 is 0. The van der Waals surface area contributed by atoms with E-state index in [2.05, 4.69) is 43.6 Å². The first-order valence-corrected chi connectivity index (χ1v) is 7.32. The zero-order valence-corrected chi connectivity index (χ0v) is 13.1. The van der Waals surface area contributed by atoms with E-state index in [0.29, 0.717) is 5.69 Å². The van der Waals surface area contributed by atoms with Gasteiger partial charge in [0.1, 0.15) is 0 Å². The molecule has 1 aliphatic carbocycles. The fourth-order valence-corrected chi connectivity index (χ4v) is 3.74. The Balaban J connectivity index is 2.15. The standard InChI is InChI=1S/C19H20N2/c1-18(2)12-19(3,4)16-11-21-17(10-15(16)18)13-7-6-8-14(9-13)20-5/h6-11H,12H2,1-4H3. The number of fused-ring (bicyclic) bond motifs is 1. The highest BCUT2D eigenvalue weighted by atomic mass is 14.7. The molecule has 1 heterocycles. The van der Waals surface area contributed by atoms with Gasteiger partial charge in [-0.15, -0.1) is 0 Å². The monoisotopic (exact) mass is 276 g/mol. The summed E-state index contributed by atoms with van der Waals surface area (Å²) in [5, 5.41) is 0. The van der Waals surface area contributed by atoms with Crippen LogP contribution in [0.5, 0.6) is 0 Å². The first kappa shape index (κ1) is 13.8. The van der Waals surface area contributed by atoms with Crippen molar-refractivity contribution < 1.29 is 0 Å². The summed E-state index contributed by atoms with van der Waals surface area (Å²) >= 11 is 0. The SMILES string of the molecule is [C-]#[N+]c1cccc(-c2cc3c(cn2)C(C)(C)CC3(C)C)c1. The molecule has 106 valence electrons. The maximum atomic E-state index is 7.15. The zero-order valence-electron chi connectivity index (χ0n) is 13.1. The van der Waals surface area contributed by atoms with Gasteiger partial charge >= 0.3 is 0 Å². The largest absolute Gasteiger partial charge is 0.256 e. The van der Waals surface area contributed by atoms with Crippen LogP contribution < -0.4 is 0 Å². The van der Waals surface area contributed by atoms with Gasteiger partial charge in [-0.1, -0.05) is 45.9 Å². The Morgan fingerprint density at radius 1 is 1.05 bits per heavy atom. The molecule has 2 heteroatoms. The van der Waals surface area contributed by atoms with Crippen LogP contribution in [0.25, 0.3) is 16.1 Å². The molecule has 0 aliphatic heterocycles. The number of nitrogens with zero attached hydrogens (tertiary/aromatic N) is 2. The molecule has 0 atom stereocenters. The van der Waals surface area contributed by atoms with Crippen molar-refractivity contribution in [3.63, 3.8) is 0 Å². The second-order valence-electron chi connectivity index (χ2n) is 7.22. The molecule has 1 aromatic heterocycles. The van der Waals surface area contributed by atoms with Gasteiger partial charge in [0.15, 0.2) is 5.69 Å². The smallest absolute Gasteiger partial charge is 0.187 e. The molecule has 21 heavy (non-hydrogen) atoms. The quantitative estimate of drug-likeness (QED) is 0.649. The fraction of sp³-hybridized carbons (Fsp3) is 0.368. The van der Waals surface area contributed by atoms with E-state index in [4.69, 9.17) is 6.57 Å². The van der Waals surface area contributed by atoms with Crippen LogP contribution >= 0.6 is 0 Å². The van der Waals surface area contributed by atoms with Crippen molar-refractivity contribution in [1.29, 1.82) is 0 Å². The van der Waals surface area contributed by atoms with Crippen molar-refractivity contribution in [2.24, 2.45) is 0 Å². The minimum Gasteiger partial charge on any atom is -0.256 e. The second-order valence-corrected chi connectivity index (χ2v) is 7.22.